The molecule has 11 rings (SSSR count). The normalized spacial score (nSPS) is 13.7. The Labute approximate surface area is 354 Å². The van der Waals surface area contributed by atoms with Crippen molar-refractivity contribution in [1.82, 2.24) is 14.9 Å². The number of nitrogens with one attached hydrogen (secondary N) is 1. The molecule has 5 heteroatoms. The number of hydrogen-bond donors (Lipinski definition) is 1. The number of amidine groups is 2. The Balaban J connectivity index is 0.947. The van der Waals surface area contributed by atoms with Gasteiger partial charge in [-0.3, -0.25) is 4.57 Å². The maximum Gasteiger partial charge on any atom is 0.159 e. The van der Waals surface area contributed by atoms with Crippen LogP contribution in [0.2, 0.25) is 0 Å². The fraction of sp³-hybridized carbons (Fsp3) is 0.0179. The molecule has 1 unspecified atom stereocenters. The minimum Gasteiger partial charge on any atom is -0.344 e. The zero-order valence-electron chi connectivity index (χ0n) is 33.2. The maximum absolute atomic E-state index is 5.23. The van der Waals surface area contributed by atoms with E-state index in [9.17, 15) is 0 Å². The number of aliphatic imine (C=N–C) groups is 2. The van der Waals surface area contributed by atoms with Crippen LogP contribution in [0.3, 0.4) is 0 Å². The number of benzene rings is 9. The number of aromatic nitrogens is 2. The van der Waals surface area contributed by atoms with Gasteiger partial charge in [-0.2, -0.15) is 0 Å². The van der Waals surface area contributed by atoms with E-state index in [1.54, 1.807) is 0 Å². The van der Waals surface area contributed by atoms with Crippen LogP contribution in [-0.4, -0.2) is 21.2 Å². The van der Waals surface area contributed by atoms with Crippen LogP contribution in [0, 0.1) is 0 Å². The Bertz CT molecular complexity index is 3240. The number of para-hydroxylation sites is 2. The molecule has 1 N–H and O–H groups in total. The third kappa shape index (κ3) is 6.88. The van der Waals surface area contributed by atoms with Crippen molar-refractivity contribution in [2.45, 2.75) is 6.17 Å². The van der Waals surface area contributed by atoms with Gasteiger partial charge in [-0.05, 0) is 80.0 Å². The summed E-state index contributed by atoms with van der Waals surface area (Å²) >= 11 is 0. The summed E-state index contributed by atoms with van der Waals surface area (Å²) in [5.74, 6) is 2.42. The van der Waals surface area contributed by atoms with Crippen molar-refractivity contribution in [2.24, 2.45) is 9.98 Å². The zero-order valence-corrected chi connectivity index (χ0v) is 33.2. The molecular formula is C56H39N5. The van der Waals surface area contributed by atoms with Gasteiger partial charge in [0.2, 0.25) is 0 Å². The van der Waals surface area contributed by atoms with Crippen LogP contribution in [0.15, 0.2) is 234 Å². The molecule has 0 bridgehead atoms. The van der Waals surface area contributed by atoms with E-state index in [0.29, 0.717) is 5.84 Å². The molecule has 1 aliphatic rings. The molecule has 1 aliphatic heterocycles. The molecule has 0 saturated carbocycles. The lowest BCUT2D eigenvalue weighted by Crippen LogP contribution is -2.33. The van der Waals surface area contributed by atoms with Crippen molar-refractivity contribution < 1.29 is 0 Å². The van der Waals surface area contributed by atoms with Gasteiger partial charge in [0.15, 0.2) is 5.84 Å². The van der Waals surface area contributed by atoms with E-state index in [-0.39, 0.29) is 6.17 Å². The van der Waals surface area contributed by atoms with E-state index in [4.69, 9.17) is 15.0 Å². The minimum absolute atomic E-state index is 0.305. The SMILES string of the molecule is c1ccc(C2=NC(c3cccc(-c4cccc5c(-c6ccc(-n7c(-c8ccccc8)nc8ccccc87)cc6)cccc45)c3)=NC(c3ccc(-c4ccccc4)cc3)N2)cc1. The average Bonchev–Trinajstić information content (AvgIpc) is 3.74. The molecule has 2 heterocycles. The molecule has 5 nitrogen and oxygen atoms in total. The summed E-state index contributed by atoms with van der Waals surface area (Å²) in [6, 6.07) is 78.8. The molecule has 0 spiro atoms. The van der Waals surface area contributed by atoms with Crippen LogP contribution in [-0.2, 0) is 0 Å². The first-order valence-corrected chi connectivity index (χ1v) is 20.6. The first kappa shape index (κ1) is 36.0. The number of hydrogen-bond acceptors (Lipinski definition) is 4. The van der Waals surface area contributed by atoms with Gasteiger partial charge in [0.05, 0.1) is 11.0 Å². The fourth-order valence-electron chi connectivity index (χ4n) is 8.48. The second kappa shape index (κ2) is 15.6. The van der Waals surface area contributed by atoms with E-state index in [2.05, 4.69) is 198 Å². The highest BCUT2D eigenvalue weighted by Gasteiger charge is 2.22. The zero-order chi connectivity index (χ0) is 40.5. The summed E-state index contributed by atoms with van der Waals surface area (Å²) in [5.41, 5.74) is 14.2. The second-order valence-corrected chi connectivity index (χ2v) is 15.3. The third-order valence-corrected chi connectivity index (χ3v) is 11.5. The lowest BCUT2D eigenvalue weighted by atomic mass is 9.92. The first-order chi connectivity index (χ1) is 30.2. The van der Waals surface area contributed by atoms with Gasteiger partial charge in [0.1, 0.15) is 17.8 Å². The Hall–Kier alpha value is -8.15. The summed E-state index contributed by atoms with van der Waals surface area (Å²) in [6.07, 6.45) is -0.305. The van der Waals surface area contributed by atoms with Gasteiger partial charge < -0.3 is 5.32 Å². The third-order valence-electron chi connectivity index (χ3n) is 11.5. The van der Waals surface area contributed by atoms with Crippen LogP contribution >= 0.6 is 0 Å². The van der Waals surface area contributed by atoms with Crippen molar-refractivity contribution in [3.63, 3.8) is 0 Å². The number of nitrogens with zero attached hydrogens (tertiary/aromatic N) is 4. The fourth-order valence-corrected chi connectivity index (χ4v) is 8.48. The van der Waals surface area contributed by atoms with E-state index < -0.39 is 0 Å². The molecule has 9 aromatic carbocycles. The van der Waals surface area contributed by atoms with Crippen LogP contribution < -0.4 is 5.32 Å². The monoisotopic (exact) mass is 781 g/mol. The number of imidazole rings is 1. The van der Waals surface area contributed by atoms with Crippen LogP contribution in [0.5, 0.6) is 0 Å². The molecule has 0 fully saturated rings. The molecule has 1 aromatic heterocycles. The van der Waals surface area contributed by atoms with Gasteiger partial charge in [-0.15, -0.1) is 0 Å². The van der Waals surface area contributed by atoms with Gasteiger partial charge >= 0.3 is 0 Å². The Morgan fingerprint density at radius 3 is 1.66 bits per heavy atom. The van der Waals surface area contributed by atoms with Gasteiger partial charge in [0, 0.05) is 22.4 Å². The maximum atomic E-state index is 5.23. The largest absolute Gasteiger partial charge is 0.344 e. The molecule has 288 valence electrons. The van der Waals surface area contributed by atoms with Crippen molar-refractivity contribution in [2.75, 3.05) is 0 Å². The summed E-state index contributed by atoms with van der Waals surface area (Å²) in [7, 11) is 0. The molecule has 10 aromatic rings. The topological polar surface area (TPSA) is 54.6 Å². The van der Waals surface area contributed by atoms with E-state index in [1.165, 1.54) is 27.5 Å². The quantitative estimate of drug-likeness (QED) is 0.167. The van der Waals surface area contributed by atoms with E-state index in [1.807, 2.05) is 36.4 Å². The Kier molecular flexibility index (Phi) is 9.17. The molecule has 61 heavy (non-hydrogen) atoms. The first-order valence-electron chi connectivity index (χ1n) is 20.6. The van der Waals surface area contributed by atoms with Crippen LogP contribution in [0.1, 0.15) is 22.9 Å². The predicted molar refractivity (Wildman–Crippen MR) is 252 cm³/mol. The minimum atomic E-state index is -0.305. The molecule has 1 atom stereocenters. The van der Waals surface area contributed by atoms with Crippen molar-refractivity contribution in [3.8, 4) is 50.5 Å². The summed E-state index contributed by atoms with van der Waals surface area (Å²) in [5, 5.41) is 6.00. The number of fused-ring (bicyclic) bond motifs is 2. The highest BCUT2D eigenvalue weighted by atomic mass is 15.2. The number of rotatable bonds is 8. The van der Waals surface area contributed by atoms with Crippen LogP contribution in [0.25, 0.3) is 72.3 Å². The average molecular weight is 782 g/mol. The summed E-state index contributed by atoms with van der Waals surface area (Å²) in [4.78, 5) is 15.4. The lowest BCUT2D eigenvalue weighted by molar-refractivity contribution is 0.674. The van der Waals surface area contributed by atoms with Gasteiger partial charge in [-0.25, -0.2) is 15.0 Å². The highest BCUT2D eigenvalue weighted by Crippen LogP contribution is 2.37. The highest BCUT2D eigenvalue weighted by molar-refractivity contribution is 6.13. The molecule has 0 amide bonds. The lowest BCUT2D eigenvalue weighted by Gasteiger charge is -2.24. The van der Waals surface area contributed by atoms with Gasteiger partial charge in [-0.1, -0.05) is 194 Å². The molecular weight excluding hydrogens is 743 g/mol. The van der Waals surface area contributed by atoms with Gasteiger partial charge in [0.25, 0.3) is 0 Å². The summed E-state index contributed by atoms with van der Waals surface area (Å²) in [6.45, 7) is 0. The standard InChI is InChI=1S/C56H39N5/c1-4-15-38(16-5-1)39-29-31-42(32-30-39)54-58-53(41-17-6-2-7-18-41)59-55(60-54)45-22-12-21-44(37-45)48-24-14-25-49-47(23-13-26-50(48)49)40-33-35-46(36-34-40)61-52-28-11-10-27-51(52)57-56(61)43-19-8-3-9-20-43/h1-37,54H,(H,58,59,60). The predicted octanol–water partition coefficient (Wildman–Crippen LogP) is 13.3. The second-order valence-electron chi connectivity index (χ2n) is 15.3. The van der Waals surface area contributed by atoms with E-state index >= 15 is 0 Å². The Morgan fingerprint density at radius 2 is 0.951 bits per heavy atom. The van der Waals surface area contributed by atoms with Crippen molar-refractivity contribution >= 4 is 33.5 Å². The van der Waals surface area contributed by atoms with Crippen molar-refractivity contribution in [3.05, 3.63) is 241 Å². The molecule has 0 radical (unpaired) electrons. The molecule has 0 aliphatic carbocycles. The summed E-state index contributed by atoms with van der Waals surface area (Å²) < 4.78 is 2.26. The smallest absolute Gasteiger partial charge is 0.159 e. The van der Waals surface area contributed by atoms with Crippen LogP contribution in [0.4, 0.5) is 0 Å². The van der Waals surface area contributed by atoms with E-state index in [0.717, 1.165) is 67.3 Å². The Morgan fingerprint density at radius 1 is 0.410 bits per heavy atom. The molecule has 0 saturated heterocycles. The van der Waals surface area contributed by atoms with Crippen molar-refractivity contribution in [1.29, 1.82) is 0 Å².